The number of methoxy groups -OCH3 is 1. The molecule has 0 saturated carbocycles. The van der Waals surface area contributed by atoms with E-state index >= 15 is 0 Å². The van der Waals surface area contributed by atoms with Crippen molar-refractivity contribution in [1.29, 1.82) is 0 Å². The van der Waals surface area contributed by atoms with E-state index in [1.165, 1.54) is 25.5 Å². The monoisotopic (exact) mass is 397 g/mol. The Labute approximate surface area is 173 Å². The molecule has 156 valence electrons. The zero-order valence-corrected chi connectivity index (χ0v) is 17.3. The molecule has 6 heteroatoms. The first-order valence-corrected chi connectivity index (χ1v) is 10.2. The number of nitrogens with one attached hydrogen (secondary N) is 1. The van der Waals surface area contributed by atoms with Crippen molar-refractivity contribution in [2.24, 2.45) is 0 Å². The zero-order valence-electron chi connectivity index (χ0n) is 17.3. The normalized spacial score (nSPS) is 17.0. The fraction of sp³-hybridized carbons (Fsp3) is 0.435. The van der Waals surface area contributed by atoms with Gasteiger partial charge in [0.25, 0.3) is 0 Å². The highest BCUT2D eigenvalue weighted by Gasteiger charge is 2.23. The molecule has 1 saturated heterocycles. The van der Waals surface area contributed by atoms with Gasteiger partial charge in [0, 0.05) is 32.7 Å². The van der Waals surface area contributed by atoms with Gasteiger partial charge in [-0.3, -0.25) is 4.90 Å². The lowest BCUT2D eigenvalue weighted by molar-refractivity contribution is 0.135. The van der Waals surface area contributed by atoms with Gasteiger partial charge in [0.15, 0.2) is 11.5 Å². The second kappa shape index (κ2) is 10.2. The van der Waals surface area contributed by atoms with E-state index in [1.807, 2.05) is 12.1 Å². The molecule has 1 aliphatic rings. The minimum atomic E-state index is -0.106. The quantitative estimate of drug-likeness (QED) is 0.749. The summed E-state index contributed by atoms with van der Waals surface area (Å²) in [5, 5.41) is 13.0. The van der Waals surface area contributed by atoms with Crippen LogP contribution in [0.1, 0.15) is 30.4 Å². The van der Waals surface area contributed by atoms with Crippen molar-refractivity contribution in [2.45, 2.75) is 38.4 Å². The minimum Gasteiger partial charge on any atom is -0.504 e. The number of phenolic OH excluding ortho intramolecular Hbond substituents is 1. The number of nitrogens with zero attached hydrogens (tertiary/aromatic N) is 2. The number of carbonyl (C=O) groups is 1. The first-order chi connectivity index (χ1) is 14.1. The summed E-state index contributed by atoms with van der Waals surface area (Å²) in [7, 11) is 3.28. The number of hydrogen-bond donors (Lipinski definition) is 2. The summed E-state index contributed by atoms with van der Waals surface area (Å²) in [6.45, 7) is 3.05. The number of amides is 2. The van der Waals surface area contributed by atoms with Gasteiger partial charge in [-0.2, -0.15) is 0 Å². The third kappa shape index (κ3) is 5.87. The molecular formula is C23H31N3O3. The third-order valence-electron chi connectivity index (χ3n) is 5.48. The first kappa shape index (κ1) is 21.0. The summed E-state index contributed by atoms with van der Waals surface area (Å²) < 4.78 is 5.06. The van der Waals surface area contributed by atoms with Gasteiger partial charge in [0.2, 0.25) is 0 Å². The lowest BCUT2D eigenvalue weighted by Gasteiger charge is -2.36. The maximum atomic E-state index is 12.6. The highest BCUT2D eigenvalue weighted by molar-refractivity contribution is 5.73. The molecule has 3 rings (SSSR count). The predicted octanol–water partition coefficient (Wildman–Crippen LogP) is 3.60. The van der Waals surface area contributed by atoms with Gasteiger partial charge in [0.1, 0.15) is 0 Å². The number of likely N-dealkylation sites (tertiary alicyclic amines) is 1. The molecule has 0 bridgehead atoms. The molecule has 2 amide bonds. The Balaban J connectivity index is 1.52. The largest absolute Gasteiger partial charge is 0.504 e. The Morgan fingerprint density at radius 3 is 2.72 bits per heavy atom. The van der Waals surface area contributed by atoms with Crippen LogP contribution in [0.3, 0.4) is 0 Å². The van der Waals surface area contributed by atoms with Crippen molar-refractivity contribution < 1.29 is 14.6 Å². The molecule has 1 atom stereocenters. The third-order valence-corrected chi connectivity index (χ3v) is 5.48. The van der Waals surface area contributed by atoms with E-state index < -0.39 is 0 Å². The van der Waals surface area contributed by atoms with Gasteiger partial charge < -0.3 is 20.1 Å². The van der Waals surface area contributed by atoms with E-state index in [0.29, 0.717) is 24.9 Å². The summed E-state index contributed by atoms with van der Waals surface area (Å²) in [5.41, 5.74) is 2.16. The molecule has 0 aromatic heterocycles. The molecule has 0 aliphatic carbocycles. The van der Waals surface area contributed by atoms with Crippen LogP contribution in [0.25, 0.3) is 0 Å². The van der Waals surface area contributed by atoms with Crippen LogP contribution in [0.5, 0.6) is 11.5 Å². The lowest BCUT2D eigenvalue weighted by Crippen LogP contribution is -2.48. The van der Waals surface area contributed by atoms with E-state index in [1.54, 1.807) is 24.1 Å². The van der Waals surface area contributed by atoms with Crippen LogP contribution < -0.4 is 10.1 Å². The zero-order chi connectivity index (χ0) is 20.6. The molecule has 1 heterocycles. The van der Waals surface area contributed by atoms with E-state index in [0.717, 1.165) is 25.1 Å². The lowest BCUT2D eigenvalue weighted by atomic mass is 10.0. The molecule has 1 aliphatic heterocycles. The van der Waals surface area contributed by atoms with Crippen molar-refractivity contribution >= 4 is 6.03 Å². The molecule has 2 aromatic rings. The number of ether oxygens (including phenoxy) is 1. The topological polar surface area (TPSA) is 65.0 Å². The van der Waals surface area contributed by atoms with Crippen LogP contribution >= 0.6 is 0 Å². The van der Waals surface area contributed by atoms with Gasteiger partial charge in [-0.05, 0) is 42.6 Å². The highest BCUT2D eigenvalue weighted by atomic mass is 16.5. The first-order valence-electron chi connectivity index (χ1n) is 10.2. The van der Waals surface area contributed by atoms with Gasteiger partial charge >= 0.3 is 6.03 Å². The van der Waals surface area contributed by atoms with Crippen LogP contribution in [0.2, 0.25) is 0 Å². The SMILES string of the molecule is COc1ccc(CN(C)C(=O)NCC2CCCCN2Cc2ccccc2)cc1O. The van der Waals surface area contributed by atoms with Crippen LogP contribution in [-0.2, 0) is 13.1 Å². The van der Waals surface area contributed by atoms with Gasteiger partial charge in [-0.1, -0.05) is 42.8 Å². The summed E-state index contributed by atoms with van der Waals surface area (Å²) in [5.74, 6) is 0.509. The summed E-state index contributed by atoms with van der Waals surface area (Å²) in [6, 6.07) is 15.9. The fourth-order valence-corrected chi connectivity index (χ4v) is 3.84. The Morgan fingerprint density at radius 2 is 2.00 bits per heavy atom. The predicted molar refractivity (Wildman–Crippen MR) is 114 cm³/mol. The van der Waals surface area contributed by atoms with E-state index in [4.69, 9.17) is 4.74 Å². The summed E-state index contributed by atoms with van der Waals surface area (Å²) in [4.78, 5) is 16.7. The van der Waals surface area contributed by atoms with E-state index in [-0.39, 0.29) is 11.8 Å². The summed E-state index contributed by atoms with van der Waals surface area (Å²) in [6.07, 6.45) is 3.51. The number of phenols is 1. The molecule has 1 unspecified atom stereocenters. The van der Waals surface area contributed by atoms with Crippen LogP contribution in [-0.4, -0.2) is 54.2 Å². The van der Waals surface area contributed by atoms with Crippen molar-refractivity contribution in [3.8, 4) is 11.5 Å². The average Bonchev–Trinajstić information content (AvgIpc) is 2.74. The fourth-order valence-electron chi connectivity index (χ4n) is 3.84. The van der Waals surface area contributed by atoms with E-state index in [2.05, 4.69) is 34.5 Å². The number of piperidine rings is 1. The summed E-state index contributed by atoms with van der Waals surface area (Å²) >= 11 is 0. The number of hydrogen-bond acceptors (Lipinski definition) is 4. The smallest absolute Gasteiger partial charge is 0.317 e. The molecule has 2 aromatic carbocycles. The van der Waals surface area contributed by atoms with Crippen molar-refractivity contribution in [2.75, 3.05) is 27.2 Å². The van der Waals surface area contributed by atoms with Crippen molar-refractivity contribution in [3.63, 3.8) is 0 Å². The van der Waals surface area contributed by atoms with Crippen LogP contribution in [0.4, 0.5) is 4.79 Å². The van der Waals surface area contributed by atoms with Crippen molar-refractivity contribution in [3.05, 3.63) is 59.7 Å². The number of benzene rings is 2. The molecule has 6 nitrogen and oxygen atoms in total. The Morgan fingerprint density at radius 1 is 1.21 bits per heavy atom. The Bertz CT molecular complexity index is 797. The Hall–Kier alpha value is -2.73. The number of aromatic hydroxyl groups is 1. The van der Waals surface area contributed by atoms with E-state index in [9.17, 15) is 9.90 Å². The van der Waals surface area contributed by atoms with Crippen LogP contribution in [0.15, 0.2) is 48.5 Å². The van der Waals surface area contributed by atoms with Gasteiger partial charge in [0.05, 0.1) is 7.11 Å². The number of urea groups is 1. The molecule has 0 radical (unpaired) electrons. The standard InChI is InChI=1S/C23H31N3O3/c1-25(16-19-11-12-22(29-2)21(27)14-19)23(28)24-15-20-10-6-7-13-26(20)17-18-8-4-3-5-9-18/h3-5,8-9,11-12,14,20,27H,6-7,10,13,15-17H2,1-2H3,(H,24,28). The average molecular weight is 398 g/mol. The molecule has 29 heavy (non-hydrogen) atoms. The number of carbonyl (C=O) groups excluding carboxylic acids is 1. The number of rotatable bonds is 7. The maximum absolute atomic E-state index is 12.6. The molecular weight excluding hydrogens is 366 g/mol. The second-order valence-electron chi connectivity index (χ2n) is 7.65. The van der Waals surface area contributed by atoms with Gasteiger partial charge in [-0.15, -0.1) is 0 Å². The second-order valence-corrected chi connectivity index (χ2v) is 7.65. The molecule has 1 fully saturated rings. The van der Waals surface area contributed by atoms with Crippen LogP contribution in [0, 0.1) is 0 Å². The van der Waals surface area contributed by atoms with Crippen molar-refractivity contribution in [1.82, 2.24) is 15.1 Å². The highest BCUT2D eigenvalue weighted by Crippen LogP contribution is 2.26. The molecule has 2 N–H and O–H groups in total. The van der Waals surface area contributed by atoms with Gasteiger partial charge in [-0.25, -0.2) is 4.79 Å². The Kier molecular flexibility index (Phi) is 7.36. The molecule has 0 spiro atoms. The maximum Gasteiger partial charge on any atom is 0.317 e. The minimum absolute atomic E-state index is 0.0811.